The number of rotatable bonds is 10. The van der Waals surface area contributed by atoms with Gasteiger partial charge >= 0.3 is 10.4 Å². The van der Waals surface area contributed by atoms with Crippen molar-refractivity contribution in [3.8, 4) is 0 Å². The van der Waals surface area contributed by atoms with Gasteiger partial charge in [-0.1, -0.05) is 30.9 Å². The zero-order valence-electron chi connectivity index (χ0n) is 17.1. The van der Waals surface area contributed by atoms with Crippen LogP contribution in [0.25, 0.3) is 10.2 Å². The Morgan fingerprint density at radius 1 is 1.16 bits per heavy atom. The highest BCUT2D eigenvalue weighted by Gasteiger charge is 2.11. The Balaban J connectivity index is 0.00000341. The van der Waals surface area contributed by atoms with Crippen LogP contribution in [0.3, 0.4) is 0 Å². The van der Waals surface area contributed by atoms with E-state index in [2.05, 4.69) is 24.3 Å². The van der Waals surface area contributed by atoms with Crippen molar-refractivity contribution >= 4 is 48.5 Å². The maximum Gasteiger partial charge on any atom is 0.399 e. The molecule has 0 saturated carbocycles. The number of fused-ring (bicyclic) bond motifs is 1. The molecule has 8 nitrogen and oxygen atoms in total. The van der Waals surface area contributed by atoms with Crippen molar-refractivity contribution in [1.29, 1.82) is 0 Å². The van der Waals surface area contributed by atoms with Crippen LogP contribution in [0.1, 0.15) is 26.3 Å². The Hall–Kier alpha value is -2.40. The lowest BCUT2D eigenvalue weighted by Crippen LogP contribution is -2.25. The number of azo groups is 1. The van der Waals surface area contributed by atoms with E-state index in [1.54, 1.807) is 0 Å². The minimum absolute atomic E-state index is 0. The lowest BCUT2D eigenvalue weighted by atomic mass is 10.1. The van der Waals surface area contributed by atoms with Crippen LogP contribution in [0.2, 0.25) is 0 Å². The number of thiazole rings is 1. The van der Waals surface area contributed by atoms with Crippen LogP contribution in [0.4, 0.5) is 16.5 Å². The zero-order valence-corrected chi connectivity index (χ0v) is 18.7. The highest BCUT2D eigenvalue weighted by molar-refractivity contribution is 7.81. The topological polar surface area (TPSA) is 93.5 Å². The molecular weight excluding hydrogens is 436 g/mol. The molecule has 0 amide bonds. The number of para-hydroxylation sites is 1. The third-order valence-electron chi connectivity index (χ3n) is 4.46. The first-order valence-corrected chi connectivity index (χ1v) is 11.6. The summed E-state index contributed by atoms with van der Waals surface area (Å²) in [6.45, 7) is 5.53. The standard InChI is InChI=1S/C20H24N4O4S2.CH4/c1-4-24(12-7-13-28-30(25,26)27-3)16-10-11-17(15(2)14-16)22-23-20-21-18-8-5-6-9-19(18)29-20;/h5-6,8-11,14H,4,7,12-13H2,1-3H3;1H4. The monoisotopic (exact) mass is 464 g/mol. The number of hydrogen-bond donors (Lipinski definition) is 0. The van der Waals surface area contributed by atoms with Gasteiger partial charge in [-0.05, 0) is 56.2 Å². The molecule has 1 aromatic heterocycles. The quantitative estimate of drug-likeness (QED) is 0.279. The molecule has 0 aliphatic heterocycles. The average Bonchev–Trinajstić information content (AvgIpc) is 3.16. The molecule has 168 valence electrons. The average molecular weight is 465 g/mol. The predicted molar refractivity (Wildman–Crippen MR) is 126 cm³/mol. The molecule has 0 bridgehead atoms. The van der Waals surface area contributed by atoms with E-state index >= 15 is 0 Å². The summed E-state index contributed by atoms with van der Waals surface area (Å²) in [7, 11) is -2.81. The first-order valence-electron chi connectivity index (χ1n) is 9.49. The van der Waals surface area contributed by atoms with E-state index in [-0.39, 0.29) is 14.0 Å². The van der Waals surface area contributed by atoms with Crippen molar-refractivity contribution in [2.24, 2.45) is 10.2 Å². The number of anilines is 1. The first kappa shape index (κ1) is 24.9. The van der Waals surface area contributed by atoms with Crippen molar-refractivity contribution in [1.82, 2.24) is 4.98 Å². The SMILES string of the molecule is C.CCN(CCCOS(=O)(=O)OC)c1ccc(N=Nc2nc3ccccc3s2)c(C)c1. The molecule has 3 rings (SSSR count). The van der Waals surface area contributed by atoms with E-state index in [9.17, 15) is 8.42 Å². The van der Waals surface area contributed by atoms with Gasteiger partial charge in [0.1, 0.15) is 0 Å². The molecule has 0 spiro atoms. The minimum Gasteiger partial charge on any atom is -0.372 e. The summed E-state index contributed by atoms with van der Waals surface area (Å²) in [5.41, 5.74) is 3.73. The highest BCUT2D eigenvalue weighted by atomic mass is 32.3. The van der Waals surface area contributed by atoms with Crippen LogP contribution in [0.15, 0.2) is 52.7 Å². The third kappa shape index (κ3) is 6.79. The predicted octanol–water partition coefficient (Wildman–Crippen LogP) is 5.78. The van der Waals surface area contributed by atoms with Gasteiger partial charge < -0.3 is 4.90 Å². The van der Waals surface area contributed by atoms with Crippen LogP contribution >= 0.6 is 11.3 Å². The number of aryl methyl sites for hydroxylation is 1. The van der Waals surface area contributed by atoms with Crippen molar-refractivity contribution in [2.75, 3.05) is 31.7 Å². The molecule has 0 atom stereocenters. The Bertz CT molecular complexity index is 1100. The van der Waals surface area contributed by atoms with Gasteiger partial charge in [0, 0.05) is 18.8 Å². The molecule has 0 N–H and O–H groups in total. The van der Waals surface area contributed by atoms with E-state index < -0.39 is 10.4 Å². The number of hydrogen-bond acceptors (Lipinski definition) is 9. The fourth-order valence-electron chi connectivity index (χ4n) is 2.88. The summed E-state index contributed by atoms with van der Waals surface area (Å²) >= 11 is 1.51. The van der Waals surface area contributed by atoms with Crippen molar-refractivity contribution in [3.63, 3.8) is 0 Å². The molecule has 0 radical (unpaired) electrons. The summed E-state index contributed by atoms with van der Waals surface area (Å²) in [6.07, 6.45) is 0.550. The van der Waals surface area contributed by atoms with Crippen LogP contribution in [0, 0.1) is 6.92 Å². The molecule has 0 fully saturated rings. The number of benzene rings is 2. The van der Waals surface area contributed by atoms with E-state index in [4.69, 9.17) is 4.18 Å². The molecule has 3 aromatic rings. The molecule has 10 heteroatoms. The van der Waals surface area contributed by atoms with E-state index in [0.717, 1.165) is 40.8 Å². The molecule has 1 heterocycles. The number of aromatic nitrogens is 1. The van der Waals surface area contributed by atoms with Gasteiger partial charge in [-0.15, -0.1) is 10.2 Å². The Labute approximate surface area is 187 Å². The second-order valence-electron chi connectivity index (χ2n) is 6.47. The van der Waals surface area contributed by atoms with Crippen molar-refractivity contribution in [2.45, 2.75) is 27.7 Å². The second kappa shape index (κ2) is 11.3. The van der Waals surface area contributed by atoms with Gasteiger partial charge in [-0.3, -0.25) is 4.18 Å². The summed E-state index contributed by atoms with van der Waals surface area (Å²) < 4.78 is 32.5. The Morgan fingerprint density at radius 2 is 1.94 bits per heavy atom. The number of nitrogens with zero attached hydrogens (tertiary/aromatic N) is 4. The molecule has 2 aromatic carbocycles. The maximum atomic E-state index is 11.2. The minimum atomic E-state index is -3.88. The lowest BCUT2D eigenvalue weighted by Gasteiger charge is -2.23. The third-order valence-corrected chi connectivity index (χ3v) is 6.24. The Kier molecular flexibility index (Phi) is 9.05. The van der Waals surface area contributed by atoms with Gasteiger partial charge in [0.15, 0.2) is 0 Å². The van der Waals surface area contributed by atoms with Gasteiger partial charge in [0.2, 0.25) is 5.13 Å². The second-order valence-corrected chi connectivity index (χ2v) is 8.86. The van der Waals surface area contributed by atoms with Crippen LogP contribution in [0.5, 0.6) is 0 Å². The summed E-state index contributed by atoms with van der Waals surface area (Å²) in [6, 6.07) is 13.9. The molecule has 0 aliphatic carbocycles. The Morgan fingerprint density at radius 3 is 2.61 bits per heavy atom. The molecule has 0 aliphatic rings. The molecule has 0 saturated heterocycles. The van der Waals surface area contributed by atoms with Gasteiger partial charge in [0.05, 0.1) is 29.6 Å². The van der Waals surface area contributed by atoms with Gasteiger partial charge in [0.25, 0.3) is 0 Å². The normalized spacial score (nSPS) is 11.7. The molecular formula is C21H28N4O4S2. The maximum absolute atomic E-state index is 11.2. The van der Waals surface area contributed by atoms with Gasteiger partial charge in [-0.2, -0.15) is 8.42 Å². The van der Waals surface area contributed by atoms with Crippen molar-refractivity contribution < 1.29 is 16.8 Å². The summed E-state index contributed by atoms with van der Waals surface area (Å²) in [5, 5.41) is 9.28. The summed E-state index contributed by atoms with van der Waals surface area (Å²) in [5.74, 6) is 0. The van der Waals surface area contributed by atoms with Crippen LogP contribution < -0.4 is 4.90 Å². The zero-order chi connectivity index (χ0) is 21.6. The van der Waals surface area contributed by atoms with Crippen LogP contribution in [-0.2, 0) is 18.8 Å². The molecule has 31 heavy (non-hydrogen) atoms. The highest BCUT2D eigenvalue weighted by Crippen LogP contribution is 2.31. The fourth-order valence-corrected chi connectivity index (χ4v) is 4.09. The van der Waals surface area contributed by atoms with E-state index in [1.165, 1.54) is 11.3 Å². The fraction of sp³-hybridized carbons (Fsp3) is 0.381. The van der Waals surface area contributed by atoms with E-state index in [0.29, 0.717) is 18.1 Å². The van der Waals surface area contributed by atoms with Crippen molar-refractivity contribution in [3.05, 3.63) is 48.0 Å². The molecule has 0 unspecified atom stereocenters. The van der Waals surface area contributed by atoms with Crippen LogP contribution in [-0.4, -0.2) is 40.2 Å². The van der Waals surface area contributed by atoms with E-state index in [1.807, 2.05) is 56.3 Å². The van der Waals surface area contributed by atoms with Gasteiger partial charge in [-0.25, -0.2) is 9.17 Å². The largest absolute Gasteiger partial charge is 0.399 e. The first-order chi connectivity index (χ1) is 14.4. The summed E-state index contributed by atoms with van der Waals surface area (Å²) in [4.78, 5) is 6.61. The smallest absolute Gasteiger partial charge is 0.372 e. The lowest BCUT2D eigenvalue weighted by molar-refractivity contribution is 0.241.